The van der Waals surface area contributed by atoms with E-state index < -0.39 is 16.0 Å². The summed E-state index contributed by atoms with van der Waals surface area (Å²) in [6.07, 6.45) is 0. The maximum absolute atomic E-state index is 12.2. The highest BCUT2D eigenvalue weighted by Gasteiger charge is 2.16. The third-order valence-corrected chi connectivity index (χ3v) is 5.23. The van der Waals surface area contributed by atoms with Crippen molar-refractivity contribution in [1.82, 2.24) is 10.4 Å². The Balaban J connectivity index is 1.49. The summed E-state index contributed by atoms with van der Waals surface area (Å²) in [5.74, 6) is -0.738. The molecule has 7 nitrogen and oxygen atoms in total. The van der Waals surface area contributed by atoms with Gasteiger partial charge in [0, 0.05) is 10.8 Å². The first kappa shape index (κ1) is 17.2. The van der Waals surface area contributed by atoms with Gasteiger partial charge in [0.05, 0.1) is 10.5 Å². The molecule has 2 N–H and O–H groups in total. The Bertz CT molecular complexity index is 1230. The summed E-state index contributed by atoms with van der Waals surface area (Å²) < 4.78 is 29.8. The second kappa shape index (κ2) is 6.84. The molecule has 3 aromatic carbocycles. The molecule has 1 heterocycles. The summed E-state index contributed by atoms with van der Waals surface area (Å²) in [7, 11) is -3.85. The molecule has 0 saturated heterocycles. The Kier molecular flexibility index (Phi) is 4.36. The van der Waals surface area contributed by atoms with Crippen LogP contribution in [0.2, 0.25) is 0 Å². The van der Waals surface area contributed by atoms with Crippen molar-refractivity contribution in [3.8, 4) is 0 Å². The van der Waals surface area contributed by atoms with Gasteiger partial charge >= 0.3 is 5.97 Å². The van der Waals surface area contributed by atoms with Crippen molar-refractivity contribution in [1.29, 1.82) is 0 Å². The number of para-hydroxylation sites is 1. The standard InChI is InChI=1S/C19H14N2O5S/c22-19(26-20-21-27(23,24)14-6-2-1-3-7-14)13-10-11-18-16(12-13)15-8-4-5-9-17(15)25-18/h1-12,20-21H. The average molecular weight is 382 g/mol. The number of hydrogen-bond donors (Lipinski definition) is 2. The lowest BCUT2D eigenvalue weighted by Crippen LogP contribution is -2.38. The van der Waals surface area contributed by atoms with Crippen LogP contribution in [0.15, 0.2) is 82.1 Å². The summed E-state index contributed by atoms with van der Waals surface area (Å²) in [5, 5.41) is 1.64. The van der Waals surface area contributed by atoms with E-state index in [9.17, 15) is 13.2 Å². The molecule has 136 valence electrons. The number of carbonyl (C=O) groups excluding carboxylic acids is 1. The molecule has 0 bridgehead atoms. The van der Waals surface area contributed by atoms with Crippen LogP contribution in [0.1, 0.15) is 10.4 Å². The second-order valence-corrected chi connectivity index (χ2v) is 7.40. The quantitative estimate of drug-likeness (QED) is 0.515. The topological polar surface area (TPSA) is 97.6 Å². The van der Waals surface area contributed by atoms with Gasteiger partial charge in [-0.2, -0.15) is 0 Å². The number of hydrazine groups is 1. The van der Waals surface area contributed by atoms with E-state index in [1.807, 2.05) is 34.7 Å². The van der Waals surface area contributed by atoms with E-state index in [1.54, 1.807) is 36.4 Å². The van der Waals surface area contributed by atoms with Crippen LogP contribution in [0.25, 0.3) is 21.9 Å². The molecule has 0 aliphatic carbocycles. The number of sulfonamides is 1. The molecule has 0 spiro atoms. The molecule has 0 aliphatic rings. The zero-order valence-corrected chi connectivity index (χ0v) is 14.7. The fourth-order valence-corrected chi connectivity index (χ4v) is 3.48. The lowest BCUT2D eigenvalue weighted by molar-refractivity contribution is 0.0206. The number of nitrogens with one attached hydrogen (secondary N) is 2. The van der Waals surface area contributed by atoms with Crippen LogP contribution in [0.5, 0.6) is 0 Å². The molecular formula is C19H14N2O5S. The van der Waals surface area contributed by atoms with Crippen LogP contribution < -0.4 is 10.4 Å². The summed E-state index contributed by atoms with van der Waals surface area (Å²) in [6, 6.07) is 20.0. The second-order valence-electron chi connectivity index (χ2n) is 5.72. The molecule has 4 aromatic rings. The third-order valence-electron chi connectivity index (χ3n) is 3.99. The Morgan fingerprint density at radius 3 is 2.37 bits per heavy atom. The van der Waals surface area contributed by atoms with E-state index in [0.29, 0.717) is 11.2 Å². The highest BCUT2D eigenvalue weighted by atomic mass is 32.2. The van der Waals surface area contributed by atoms with E-state index in [-0.39, 0.29) is 10.5 Å². The average Bonchev–Trinajstić information content (AvgIpc) is 3.06. The van der Waals surface area contributed by atoms with Crippen LogP contribution in [-0.4, -0.2) is 14.4 Å². The van der Waals surface area contributed by atoms with Gasteiger partial charge in [0.15, 0.2) is 0 Å². The van der Waals surface area contributed by atoms with Gasteiger partial charge in [0.25, 0.3) is 10.0 Å². The Hall–Kier alpha value is -3.20. The Morgan fingerprint density at radius 1 is 0.852 bits per heavy atom. The molecule has 0 aliphatic heterocycles. The first-order valence-electron chi connectivity index (χ1n) is 7.99. The summed E-state index contributed by atoms with van der Waals surface area (Å²) >= 11 is 0. The van der Waals surface area contributed by atoms with Crippen LogP contribution in [0.4, 0.5) is 0 Å². The van der Waals surface area contributed by atoms with E-state index in [0.717, 1.165) is 10.8 Å². The monoisotopic (exact) mass is 382 g/mol. The van der Waals surface area contributed by atoms with Gasteiger partial charge in [-0.05, 0) is 36.4 Å². The normalized spacial score (nSPS) is 11.7. The SMILES string of the molecule is O=C(ONNS(=O)(=O)c1ccccc1)c1ccc2oc3ccccc3c2c1. The number of rotatable bonds is 5. The van der Waals surface area contributed by atoms with Crippen molar-refractivity contribution in [3.63, 3.8) is 0 Å². The zero-order valence-electron chi connectivity index (χ0n) is 13.9. The Labute approximate surface area is 154 Å². The third kappa shape index (κ3) is 3.41. The summed E-state index contributed by atoms with van der Waals surface area (Å²) in [6.45, 7) is 0. The molecular weight excluding hydrogens is 368 g/mol. The van der Waals surface area contributed by atoms with Gasteiger partial charge in [0.2, 0.25) is 0 Å². The highest BCUT2D eigenvalue weighted by Crippen LogP contribution is 2.29. The molecule has 27 heavy (non-hydrogen) atoms. The first-order chi connectivity index (χ1) is 13.0. The number of fused-ring (bicyclic) bond motifs is 3. The molecule has 0 radical (unpaired) electrons. The van der Waals surface area contributed by atoms with E-state index in [4.69, 9.17) is 9.25 Å². The first-order valence-corrected chi connectivity index (χ1v) is 9.47. The predicted octanol–water partition coefficient (Wildman–Crippen LogP) is 3.14. The minimum absolute atomic E-state index is 0.0415. The van der Waals surface area contributed by atoms with Crippen molar-refractivity contribution in [2.75, 3.05) is 0 Å². The van der Waals surface area contributed by atoms with Crippen LogP contribution in [-0.2, 0) is 14.9 Å². The smallest absolute Gasteiger partial charge is 0.358 e. The van der Waals surface area contributed by atoms with Gasteiger partial charge in [-0.1, -0.05) is 42.0 Å². The number of benzene rings is 3. The Morgan fingerprint density at radius 2 is 1.56 bits per heavy atom. The maximum Gasteiger partial charge on any atom is 0.358 e. The predicted molar refractivity (Wildman–Crippen MR) is 99.0 cm³/mol. The number of carbonyl (C=O) groups is 1. The summed E-state index contributed by atoms with van der Waals surface area (Å²) in [4.78, 5) is 19.1. The summed E-state index contributed by atoms with van der Waals surface area (Å²) in [5.41, 5.74) is 3.60. The lowest BCUT2D eigenvalue weighted by Gasteiger charge is -2.08. The molecule has 0 saturated carbocycles. The fraction of sp³-hybridized carbons (Fsp3) is 0. The van der Waals surface area contributed by atoms with Gasteiger partial charge in [-0.3, -0.25) is 0 Å². The minimum Gasteiger partial charge on any atom is -0.456 e. The van der Waals surface area contributed by atoms with Crippen LogP contribution >= 0.6 is 0 Å². The van der Waals surface area contributed by atoms with E-state index in [1.165, 1.54) is 12.1 Å². The lowest BCUT2D eigenvalue weighted by atomic mass is 10.1. The van der Waals surface area contributed by atoms with E-state index in [2.05, 4.69) is 0 Å². The molecule has 0 fully saturated rings. The number of hydrogen-bond acceptors (Lipinski definition) is 6. The van der Waals surface area contributed by atoms with Gasteiger partial charge < -0.3 is 9.25 Å². The van der Waals surface area contributed by atoms with Crippen LogP contribution in [0, 0.1) is 0 Å². The molecule has 4 rings (SSSR count). The van der Waals surface area contributed by atoms with Crippen molar-refractivity contribution in [3.05, 3.63) is 78.4 Å². The fourth-order valence-electron chi connectivity index (χ4n) is 2.69. The minimum atomic E-state index is -3.85. The van der Waals surface area contributed by atoms with Crippen molar-refractivity contribution in [2.24, 2.45) is 0 Å². The molecule has 0 amide bonds. The molecule has 8 heteroatoms. The molecule has 0 atom stereocenters. The zero-order chi connectivity index (χ0) is 18.9. The van der Waals surface area contributed by atoms with Crippen molar-refractivity contribution in [2.45, 2.75) is 4.90 Å². The van der Waals surface area contributed by atoms with Crippen molar-refractivity contribution >= 4 is 37.9 Å². The molecule has 0 unspecified atom stereocenters. The highest BCUT2D eigenvalue weighted by molar-refractivity contribution is 7.89. The van der Waals surface area contributed by atoms with Crippen LogP contribution in [0.3, 0.4) is 0 Å². The maximum atomic E-state index is 12.2. The van der Waals surface area contributed by atoms with E-state index >= 15 is 0 Å². The van der Waals surface area contributed by atoms with Gasteiger partial charge in [0.1, 0.15) is 11.2 Å². The van der Waals surface area contributed by atoms with Crippen molar-refractivity contribution < 1.29 is 22.5 Å². The van der Waals surface area contributed by atoms with Gasteiger partial charge in [-0.15, -0.1) is 4.83 Å². The largest absolute Gasteiger partial charge is 0.456 e. The van der Waals surface area contributed by atoms with Gasteiger partial charge in [-0.25, -0.2) is 13.2 Å². The number of furan rings is 1. The molecule has 1 aromatic heterocycles.